The number of carbonyl (C=O) groups is 1. The summed E-state index contributed by atoms with van der Waals surface area (Å²) in [5, 5.41) is 15.0. The highest BCUT2D eigenvalue weighted by atomic mass is 32.1. The van der Waals surface area contributed by atoms with Crippen molar-refractivity contribution in [2.45, 2.75) is 32.6 Å². The normalized spacial score (nSPS) is 13.6. The number of rotatable bonds is 4. The van der Waals surface area contributed by atoms with Crippen molar-refractivity contribution in [2.24, 2.45) is 0 Å². The van der Waals surface area contributed by atoms with Gasteiger partial charge >= 0.3 is 0 Å². The van der Waals surface area contributed by atoms with Crippen molar-refractivity contribution >= 4 is 28.1 Å². The summed E-state index contributed by atoms with van der Waals surface area (Å²) in [6.45, 7) is 2.75. The van der Waals surface area contributed by atoms with Crippen LogP contribution < -0.4 is 10.6 Å². The lowest BCUT2D eigenvalue weighted by molar-refractivity contribution is 0.102. The first-order valence-corrected chi connectivity index (χ1v) is 8.09. The van der Waals surface area contributed by atoms with Crippen LogP contribution in [0.3, 0.4) is 0 Å². The highest BCUT2D eigenvalue weighted by Crippen LogP contribution is 2.28. The van der Waals surface area contributed by atoms with E-state index in [0.717, 1.165) is 25.1 Å². The molecule has 0 aliphatic heterocycles. The second-order valence-corrected chi connectivity index (χ2v) is 6.02. The molecular formula is C15H18N4OS. The molecule has 5 nitrogen and oxygen atoms in total. The van der Waals surface area contributed by atoms with E-state index in [9.17, 15) is 4.79 Å². The predicted octanol–water partition coefficient (Wildman–Crippen LogP) is 3.10. The van der Waals surface area contributed by atoms with Crippen LogP contribution in [0, 0.1) is 0 Å². The van der Waals surface area contributed by atoms with Crippen molar-refractivity contribution in [3.05, 3.63) is 34.3 Å². The third-order valence-electron chi connectivity index (χ3n) is 3.59. The first-order chi connectivity index (χ1) is 10.3. The van der Waals surface area contributed by atoms with Gasteiger partial charge in [0.05, 0.1) is 0 Å². The summed E-state index contributed by atoms with van der Waals surface area (Å²) >= 11 is 1.28. The first kappa shape index (κ1) is 14.0. The SMILES string of the molecule is CCNc1nnc(C(=O)Nc2cccc3c2CCCC3)s1. The zero-order valence-electron chi connectivity index (χ0n) is 12.0. The molecular weight excluding hydrogens is 284 g/mol. The highest BCUT2D eigenvalue weighted by molar-refractivity contribution is 7.17. The molecule has 21 heavy (non-hydrogen) atoms. The molecule has 0 unspecified atom stereocenters. The number of nitrogens with zero attached hydrogens (tertiary/aromatic N) is 2. The number of hydrogen-bond donors (Lipinski definition) is 2. The molecule has 0 spiro atoms. The van der Waals surface area contributed by atoms with E-state index in [1.807, 2.05) is 19.1 Å². The summed E-state index contributed by atoms with van der Waals surface area (Å²) in [6.07, 6.45) is 4.54. The van der Waals surface area contributed by atoms with Crippen LogP contribution in [0.1, 0.15) is 40.7 Å². The molecule has 3 rings (SSSR count). The number of benzene rings is 1. The monoisotopic (exact) mass is 302 g/mol. The van der Waals surface area contributed by atoms with Gasteiger partial charge in [-0.15, -0.1) is 10.2 Å². The van der Waals surface area contributed by atoms with Crippen LogP contribution in [0.2, 0.25) is 0 Å². The van der Waals surface area contributed by atoms with Gasteiger partial charge in [-0.3, -0.25) is 4.79 Å². The molecule has 110 valence electrons. The number of aryl methyl sites for hydroxylation is 1. The standard InChI is InChI=1S/C15H18N4OS/c1-2-16-15-19-18-14(21-15)13(20)17-12-9-5-7-10-6-3-4-8-11(10)12/h5,7,9H,2-4,6,8H2,1H3,(H,16,19)(H,17,20). The number of carbonyl (C=O) groups excluding carboxylic acids is 1. The van der Waals surface area contributed by atoms with Crippen LogP contribution in [-0.4, -0.2) is 22.6 Å². The van der Waals surface area contributed by atoms with Gasteiger partial charge in [-0.2, -0.15) is 0 Å². The molecule has 1 aliphatic rings. The van der Waals surface area contributed by atoms with E-state index in [2.05, 4.69) is 26.9 Å². The zero-order chi connectivity index (χ0) is 14.7. The average molecular weight is 302 g/mol. The van der Waals surface area contributed by atoms with Crippen molar-refractivity contribution in [3.8, 4) is 0 Å². The van der Waals surface area contributed by atoms with E-state index < -0.39 is 0 Å². The lowest BCUT2D eigenvalue weighted by atomic mass is 9.90. The Bertz CT molecular complexity index is 653. The van der Waals surface area contributed by atoms with Gasteiger partial charge in [-0.25, -0.2) is 0 Å². The third-order valence-corrected chi connectivity index (χ3v) is 4.47. The maximum atomic E-state index is 12.3. The molecule has 0 saturated heterocycles. The summed E-state index contributed by atoms with van der Waals surface area (Å²) in [7, 11) is 0. The van der Waals surface area contributed by atoms with Crippen LogP contribution in [0.4, 0.5) is 10.8 Å². The molecule has 0 fully saturated rings. The van der Waals surface area contributed by atoms with Gasteiger partial charge in [0.1, 0.15) is 0 Å². The number of fused-ring (bicyclic) bond motifs is 1. The molecule has 6 heteroatoms. The van der Waals surface area contributed by atoms with Gasteiger partial charge in [0.15, 0.2) is 0 Å². The Morgan fingerprint density at radius 1 is 1.29 bits per heavy atom. The van der Waals surface area contributed by atoms with Crippen molar-refractivity contribution < 1.29 is 4.79 Å². The minimum absolute atomic E-state index is 0.185. The summed E-state index contributed by atoms with van der Waals surface area (Å²) < 4.78 is 0. The van der Waals surface area contributed by atoms with Gasteiger partial charge in [0.25, 0.3) is 5.91 Å². The molecule has 0 radical (unpaired) electrons. The zero-order valence-corrected chi connectivity index (χ0v) is 12.8. The molecule has 2 N–H and O–H groups in total. The third kappa shape index (κ3) is 3.05. The predicted molar refractivity (Wildman–Crippen MR) is 85.1 cm³/mol. The average Bonchev–Trinajstić information content (AvgIpc) is 2.97. The fourth-order valence-corrected chi connectivity index (χ4v) is 3.32. The van der Waals surface area contributed by atoms with Crippen LogP contribution in [0.25, 0.3) is 0 Å². The highest BCUT2D eigenvalue weighted by Gasteiger charge is 2.17. The van der Waals surface area contributed by atoms with Crippen molar-refractivity contribution in [1.29, 1.82) is 0 Å². The van der Waals surface area contributed by atoms with Crippen LogP contribution >= 0.6 is 11.3 Å². The van der Waals surface area contributed by atoms with E-state index in [4.69, 9.17) is 0 Å². The van der Waals surface area contributed by atoms with Crippen LogP contribution in [0.15, 0.2) is 18.2 Å². The smallest absolute Gasteiger partial charge is 0.286 e. The Hall–Kier alpha value is -1.95. The second kappa shape index (κ2) is 6.22. The number of nitrogens with one attached hydrogen (secondary N) is 2. The van der Waals surface area contributed by atoms with Gasteiger partial charge in [0, 0.05) is 12.2 Å². The number of anilines is 2. The molecule has 1 heterocycles. The van der Waals surface area contributed by atoms with Crippen molar-refractivity contribution in [1.82, 2.24) is 10.2 Å². The summed E-state index contributed by atoms with van der Waals surface area (Å²) in [5.74, 6) is -0.185. The molecule has 0 bridgehead atoms. The maximum Gasteiger partial charge on any atom is 0.286 e. The second-order valence-electron chi connectivity index (χ2n) is 5.05. The molecule has 1 aliphatic carbocycles. The first-order valence-electron chi connectivity index (χ1n) is 7.27. The minimum atomic E-state index is -0.185. The Morgan fingerprint density at radius 2 is 2.14 bits per heavy atom. The molecule has 0 atom stereocenters. The van der Waals surface area contributed by atoms with Gasteiger partial charge in [-0.05, 0) is 49.8 Å². The number of amides is 1. The van der Waals surface area contributed by atoms with Crippen molar-refractivity contribution in [2.75, 3.05) is 17.2 Å². The van der Waals surface area contributed by atoms with E-state index in [-0.39, 0.29) is 5.91 Å². The summed E-state index contributed by atoms with van der Waals surface area (Å²) in [5.41, 5.74) is 3.54. The Morgan fingerprint density at radius 3 is 3.00 bits per heavy atom. The summed E-state index contributed by atoms with van der Waals surface area (Å²) in [6, 6.07) is 6.12. The van der Waals surface area contributed by atoms with Gasteiger partial charge in [0.2, 0.25) is 10.1 Å². The lowest BCUT2D eigenvalue weighted by Crippen LogP contribution is -2.15. The molecule has 2 aromatic rings. The fourth-order valence-electron chi connectivity index (χ4n) is 2.61. The Balaban J connectivity index is 1.78. The van der Waals surface area contributed by atoms with Gasteiger partial charge in [-0.1, -0.05) is 23.5 Å². The maximum absolute atomic E-state index is 12.3. The number of hydrogen-bond acceptors (Lipinski definition) is 5. The minimum Gasteiger partial charge on any atom is -0.360 e. The molecule has 1 aromatic heterocycles. The van der Waals surface area contributed by atoms with Gasteiger partial charge < -0.3 is 10.6 Å². The Labute approximate surface area is 127 Å². The van der Waals surface area contributed by atoms with E-state index in [1.165, 1.54) is 35.3 Å². The van der Waals surface area contributed by atoms with Crippen molar-refractivity contribution in [3.63, 3.8) is 0 Å². The Kier molecular flexibility index (Phi) is 4.15. The van der Waals surface area contributed by atoms with E-state index in [0.29, 0.717) is 10.1 Å². The van der Waals surface area contributed by atoms with Crippen LogP contribution in [0.5, 0.6) is 0 Å². The summed E-state index contributed by atoms with van der Waals surface area (Å²) in [4.78, 5) is 12.3. The molecule has 1 amide bonds. The van der Waals surface area contributed by atoms with E-state index >= 15 is 0 Å². The topological polar surface area (TPSA) is 66.9 Å². The lowest BCUT2D eigenvalue weighted by Gasteiger charge is -2.19. The molecule has 1 aromatic carbocycles. The molecule has 0 saturated carbocycles. The fraction of sp³-hybridized carbons (Fsp3) is 0.400. The quantitative estimate of drug-likeness (QED) is 0.910. The van der Waals surface area contributed by atoms with E-state index in [1.54, 1.807) is 0 Å². The largest absolute Gasteiger partial charge is 0.360 e. The van der Waals surface area contributed by atoms with Crippen LogP contribution in [-0.2, 0) is 12.8 Å². The number of aromatic nitrogens is 2.